The molecule has 0 saturated heterocycles. The Morgan fingerprint density at radius 1 is 1.20 bits per heavy atom. The van der Waals surface area contributed by atoms with E-state index in [1.807, 2.05) is 0 Å². The summed E-state index contributed by atoms with van der Waals surface area (Å²) in [6.07, 6.45) is 0. The summed E-state index contributed by atoms with van der Waals surface area (Å²) in [5, 5.41) is 0. The fraction of sp³-hybridized carbons (Fsp3) is 0. The molecule has 0 aromatic heterocycles. The molecule has 5 heteroatoms. The average molecular weight is 131 g/mol. The first kappa shape index (κ1) is 18.5. The van der Waals surface area contributed by atoms with E-state index in [-0.39, 0.29) is 22.5 Å². The minimum Gasteiger partial charge on any atom is -2.00 e. The molecule has 0 atom stereocenters. The molecule has 0 amide bonds. The number of hydrogen-bond donors (Lipinski definition) is 0. The minimum atomic E-state index is -1.42. The summed E-state index contributed by atoms with van der Waals surface area (Å²) in [7, 11) is -1.42. The van der Waals surface area contributed by atoms with Crippen molar-refractivity contribution in [2.45, 2.75) is 0 Å². The summed E-state index contributed by atoms with van der Waals surface area (Å²) < 4.78 is 16.8. The van der Waals surface area contributed by atoms with E-state index in [0.717, 1.165) is 0 Å². The molecule has 0 aliphatic carbocycles. The third kappa shape index (κ3) is 258. The van der Waals surface area contributed by atoms with Gasteiger partial charge in [-0.05, 0) is 0 Å². The van der Waals surface area contributed by atoms with Crippen LogP contribution in [0.2, 0.25) is 0 Å². The van der Waals surface area contributed by atoms with Gasteiger partial charge in [-0.25, -0.2) is 0 Å². The molecule has 0 aromatic carbocycles. The molecule has 0 spiro atoms. The Balaban J connectivity index is -0.0000000200. The van der Waals surface area contributed by atoms with E-state index in [1.54, 1.807) is 0 Å². The second kappa shape index (κ2) is 27.8. The molecule has 0 fully saturated rings. The Labute approximate surface area is 41.5 Å². The van der Waals surface area contributed by atoms with Gasteiger partial charge in [-0.2, -0.15) is 0 Å². The van der Waals surface area contributed by atoms with Crippen LogP contribution in [0.1, 0.15) is 0 Å². The molecule has 0 rings (SSSR count). The Kier molecular flexibility index (Phi) is 103. The van der Waals surface area contributed by atoms with Gasteiger partial charge in [0, 0.05) is 0 Å². The molecule has 0 bridgehead atoms. The maximum absolute atomic E-state index is 8.40. The van der Waals surface area contributed by atoms with Gasteiger partial charge in [-0.15, -0.1) is 0 Å². The van der Waals surface area contributed by atoms with Crippen molar-refractivity contribution in [2.24, 2.45) is 0 Å². The summed E-state index contributed by atoms with van der Waals surface area (Å²) in [5.74, 6) is 0. The van der Waals surface area contributed by atoms with Gasteiger partial charge in [0.05, 0.1) is 0 Å². The fourth-order valence-electron chi connectivity index (χ4n) is 0. The molecule has 0 aromatic rings. The Bertz CT molecular complexity index is 27.9. The molecule has 29 valence electrons. The summed E-state index contributed by atoms with van der Waals surface area (Å²) in [5.41, 5.74) is 0. The first-order valence-electron chi connectivity index (χ1n) is 0.408. The van der Waals surface area contributed by atoms with Crippen molar-refractivity contribution in [3.05, 3.63) is 0 Å². The van der Waals surface area contributed by atoms with Crippen LogP contribution in [-0.2, 0) is 31.5 Å². The van der Waals surface area contributed by atoms with E-state index in [2.05, 4.69) is 0 Å². The molecule has 3 nitrogen and oxygen atoms in total. The zero-order valence-corrected chi connectivity index (χ0v) is 4.28. The van der Waals surface area contributed by atoms with Gasteiger partial charge in [0.1, 0.15) is 0 Å². The number of hydrogen-bond acceptors (Lipinski definition) is 2. The zero-order chi connectivity index (χ0) is 2.71. The van der Waals surface area contributed by atoms with Crippen LogP contribution in [0, 0.1) is 0 Å². The third-order valence-corrected chi connectivity index (χ3v) is 0. The molecule has 0 aliphatic rings. The third-order valence-electron chi connectivity index (χ3n) is 0. The average Bonchev–Trinajstić information content (AvgIpc) is 0.918. The molecule has 5 heavy (non-hydrogen) atoms. The van der Waals surface area contributed by atoms with Crippen molar-refractivity contribution in [1.29, 1.82) is 0 Å². The van der Waals surface area contributed by atoms with Crippen molar-refractivity contribution in [3.63, 3.8) is 0 Å². The normalized spacial score (nSPS) is 1.60. The van der Waals surface area contributed by atoms with Crippen LogP contribution in [0.15, 0.2) is 0 Å². The molecular formula is MnO3Si. The first-order valence-corrected chi connectivity index (χ1v) is 1.22. The quantitative estimate of drug-likeness (QED) is 0.406. The van der Waals surface area contributed by atoms with Gasteiger partial charge in [0.15, 0.2) is 0 Å². The molecule has 0 heterocycles. The van der Waals surface area contributed by atoms with Crippen molar-refractivity contribution >= 4 is 9.29 Å². The molecule has 0 N–H and O–H groups in total. The maximum atomic E-state index is 8.40. The van der Waals surface area contributed by atoms with E-state index in [4.69, 9.17) is 8.92 Å². The van der Waals surface area contributed by atoms with Crippen molar-refractivity contribution in [1.82, 2.24) is 0 Å². The second-order valence-electron chi connectivity index (χ2n) is 0.0833. The van der Waals surface area contributed by atoms with Crippen LogP contribution in [0.25, 0.3) is 0 Å². The molecular weight excluding hydrogens is 131 g/mol. The second-order valence-corrected chi connectivity index (χ2v) is 0.250. The van der Waals surface area contributed by atoms with Crippen LogP contribution < -0.4 is 0 Å². The molecule has 0 unspecified atom stereocenters. The van der Waals surface area contributed by atoms with Gasteiger partial charge in [-0.1, -0.05) is 0 Å². The fourth-order valence-corrected chi connectivity index (χ4v) is 0. The Morgan fingerprint density at radius 3 is 1.20 bits per heavy atom. The van der Waals surface area contributed by atoms with Gasteiger partial charge < -0.3 is 5.48 Å². The van der Waals surface area contributed by atoms with Crippen molar-refractivity contribution in [3.8, 4) is 0 Å². The summed E-state index contributed by atoms with van der Waals surface area (Å²) in [6.45, 7) is 0. The van der Waals surface area contributed by atoms with Crippen LogP contribution in [0.3, 0.4) is 0 Å². The molecule has 1 radical (unpaired) electrons. The summed E-state index contributed by atoms with van der Waals surface area (Å²) in [6, 6.07) is 0. The van der Waals surface area contributed by atoms with E-state index >= 15 is 0 Å². The predicted octanol–water partition coefficient (Wildman–Crippen LogP) is -0.740. The standard InChI is InChI=1S/Mn.O2Si.O/c;1-3-2;/q+2;;-2. The van der Waals surface area contributed by atoms with E-state index < -0.39 is 9.29 Å². The Hall–Kier alpha value is 0.296. The Morgan fingerprint density at radius 2 is 1.20 bits per heavy atom. The first-order chi connectivity index (χ1) is 1.41. The predicted molar refractivity (Wildman–Crippen MR) is 7.81 cm³/mol. The van der Waals surface area contributed by atoms with Crippen LogP contribution in [0.5, 0.6) is 0 Å². The monoisotopic (exact) mass is 131 g/mol. The van der Waals surface area contributed by atoms with Crippen LogP contribution in [-0.4, -0.2) is 9.29 Å². The molecule has 0 aliphatic heterocycles. The van der Waals surface area contributed by atoms with Gasteiger partial charge in [-0.3, -0.25) is 8.92 Å². The van der Waals surface area contributed by atoms with Crippen LogP contribution >= 0.6 is 0 Å². The van der Waals surface area contributed by atoms with Crippen LogP contribution in [0.4, 0.5) is 0 Å². The van der Waals surface area contributed by atoms with Gasteiger partial charge >= 0.3 is 26.4 Å². The summed E-state index contributed by atoms with van der Waals surface area (Å²) in [4.78, 5) is 0. The number of rotatable bonds is 0. The van der Waals surface area contributed by atoms with E-state index in [9.17, 15) is 0 Å². The van der Waals surface area contributed by atoms with Crippen molar-refractivity contribution < 1.29 is 31.5 Å². The minimum absolute atomic E-state index is 0. The molecule has 0 saturated carbocycles. The van der Waals surface area contributed by atoms with Crippen molar-refractivity contribution in [2.75, 3.05) is 0 Å². The smallest absolute Gasteiger partial charge is 2.00 e. The maximum Gasteiger partial charge on any atom is 2.00 e. The zero-order valence-electron chi connectivity index (χ0n) is 2.10. The van der Waals surface area contributed by atoms with Gasteiger partial charge in [0.25, 0.3) is 0 Å². The largest absolute Gasteiger partial charge is 2.00 e. The SMILES string of the molecule is O=[Si]=O.[Mn+2].[O-2]. The summed E-state index contributed by atoms with van der Waals surface area (Å²) >= 11 is 0. The van der Waals surface area contributed by atoms with E-state index in [1.165, 1.54) is 0 Å². The topological polar surface area (TPSA) is 62.6 Å². The van der Waals surface area contributed by atoms with Gasteiger partial charge in [0.2, 0.25) is 0 Å². The van der Waals surface area contributed by atoms with E-state index in [0.29, 0.717) is 0 Å².